The quantitative estimate of drug-likeness (QED) is 0.545. The summed E-state index contributed by atoms with van der Waals surface area (Å²) in [6.07, 6.45) is 5.67. The molecule has 15 heavy (non-hydrogen) atoms. The second-order valence-corrected chi connectivity index (χ2v) is 4.54. The highest BCUT2D eigenvalue weighted by Gasteiger charge is 2.18. The van der Waals surface area contributed by atoms with Crippen LogP contribution < -0.4 is 17.2 Å². The molecular formula is C12H29N3. The Balaban J connectivity index is 3.99. The van der Waals surface area contributed by atoms with Gasteiger partial charge < -0.3 is 17.2 Å². The van der Waals surface area contributed by atoms with Crippen LogP contribution in [-0.2, 0) is 0 Å². The third-order valence-electron chi connectivity index (χ3n) is 3.30. The van der Waals surface area contributed by atoms with Crippen molar-refractivity contribution >= 4 is 0 Å². The van der Waals surface area contributed by atoms with Crippen molar-refractivity contribution in [1.82, 2.24) is 0 Å². The second kappa shape index (κ2) is 9.13. The van der Waals surface area contributed by atoms with Gasteiger partial charge in [-0.15, -0.1) is 0 Å². The van der Waals surface area contributed by atoms with Crippen molar-refractivity contribution in [2.75, 3.05) is 13.1 Å². The Labute approximate surface area is 94.8 Å². The van der Waals surface area contributed by atoms with Crippen LogP contribution in [0.2, 0.25) is 0 Å². The molecule has 0 rings (SSSR count). The van der Waals surface area contributed by atoms with Crippen molar-refractivity contribution in [1.29, 1.82) is 0 Å². The second-order valence-electron chi connectivity index (χ2n) is 4.54. The molecule has 0 bridgehead atoms. The van der Waals surface area contributed by atoms with Crippen LogP contribution in [0.4, 0.5) is 0 Å². The first kappa shape index (κ1) is 14.9. The van der Waals surface area contributed by atoms with Gasteiger partial charge in [0.2, 0.25) is 0 Å². The third-order valence-corrected chi connectivity index (χ3v) is 3.30. The summed E-state index contributed by atoms with van der Waals surface area (Å²) in [6, 6.07) is 0.301. The molecule has 0 aliphatic heterocycles. The predicted molar refractivity (Wildman–Crippen MR) is 67.5 cm³/mol. The fraction of sp³-hybridized carbons (Fsp3) is 1.00. The summed E-state index contributed by atoms with van der Waals surface area (Å²) in [7, 11) is 0. The fourth-order valence-electron chi connectivity index (χ4n) is 2.24. The van der Waals surface area contributed by atoms with Crippen LogP contribution in [0.15, 0.2) is 0 Å². The van der Waals surface area contributed by atoms with E-state index in [0.717, 1.165) is 19.4 Å². The lowest BCUT2D eigenvalue weighted by atomic mass is 9.85. The van der Waals surface area contributed by atoms with Gasteiger partial charge >= 0.3 is 0 Å². The van der Waals surface area contributed by atoms with Gasteiger partial charge in [-0.05, 0) is 44.2 Å². The van der Waals surface area contributed by atoms with E-state index in [4.69, 9.17) is 17.2 Å². The maximum atomic E-state index is 6.22. The van der Waals surface area contributed by atoms with E-state index in [2.05, 4.69) is 13.8 Å². The van der Waals surface area contributed by atoms with Gasteiger partial charge in [0.05, 0.1) is 0 Å². The number of hydrogen-bond donors (Lipinski definition) is 3. The van der Waals surface area contributed by atoms with Crippen molar-refractivity contribution in [3.05, 3.63) is 0 Å². The van der Waals surface area contributed by atoms with E-state index in [0.29, 0.717) is 24.4 Å². The molecule has 6 N–H and O–H groups in total. The highest BCUT2D eigenvalue weighted by molar-refractivity contribution is 4.76. The van der Waals surface area contributed by atoms with Crippen LogP contribution in [0, 0.1) is 11.8 Å². The highest BCUT2D eigenvalue weighted by atomic mass is 14.7. The van der Waals surface area contributed by atoms with Gasteiger partial charge in [-0.3, -0.25) is 0 Å². The smallest absolute Gasteiger partial charge is 0.00701 e. The minimum atomic E-state index is 0.301. The average molecular weight is 215 g/mol. The number of hydrogen-bond acceptors (Lipinski definition) is 3. The molecule has 3 heteroatoms. The molecule has 0 aromatic heterocycles. The van der Waals surface area contributed by atoms with Crippen LogP contribution in [0.1, 0.15) is 46.0 Å². The van der Waals surface area contributed by atoms with Crippen LogP contribution in [-0.4, -0.2) is 19.1 Å². The van der Waals surface area contributed by atoms with Crippen molar-refractivity contribution in [3.8, 4) is 0 Å². The van der Waals surface area contributed by atoms with Gasteiger partial charge in [-0.2, -0.15) is 0 Å². The van der Waals surface area contributed by atoms with Gasteiger partial charge in [-0.25, -0.2) is 0 Å². The van der Waals surface area contributed by atoms with Gasteiger partial charge in [0.1, 0.15) is 0 Å². The van der Waals surface area contributed by atoms with Gasteiger partial charge in [-0.1, -0.05) is 26.7 Å². The summed E-state index contributed by atoms with van der Waals surface area (Å²) >= 11 is 0. The van der Waals surface area contributed by atoms with E-state index >= 15 is 0 Å². The molecule has 0 saturated heterocycles. The van der Waals surface area contributed by atoms with E-state index in [1.54, 1.807) is 0 Å². The van der Waals surface area contributed by atoms with Crippen LogP contribution >= 0.6 is 0 Å². The number of rotatable bonds is 9. The van der Waals surface area contributed by atoms with Crippen LogP contribution in [0.25, 0.3) is 0 Å². The van der Waals surface area contributed by atoms with Crippen LogP contribution in [0.5, 0.6) is 0 Å². The molecule has 0 aromatic carbocycles. The minimum Gasteiger partial charge on any atom is -0.330 e. The van der Waals surface area contributed by atoms with E-state index in [9.17, 15) is 0 Å². The molecule has 3 atom stereocenters. The normalized spacial score (nSPS) is 17.4. The number of nitrogens with two attached hydrogens (primary N) is 3. The maximum Gasteiger partial charge on any atom is 0.00701 e. The first-order valence-corrected chi connectivity index (χ1v) is 6.35. The highest BCUT2D eigenvalue weighted by Crippen LogP contribution is 2.20. The summed E-state index contributed by atoms with van der Waals surface area (Å²) in [5.74, 6) is 1.16. The summed E-state index contributed by atoms with van der Waals surface area (Å²) < 4.78 is 0. The monoisotopic (exact) mass is 215 g/mol. The fourth-order valence-corrected chi connectivity index (χ4v) is 2.24. The standard InChI is InChI=1S/C12H29N3/c1-3-5-11(4-2)12(15)8-10(9-14)6-7-13/h10-12H,3-9,13-15H2,1-2H3. The molecule has 0 amide bonds. The van der Waals surface area contributed by atoms with Crippen LogP contribution in [0.3, 0.4) is 0 Å². The summed E-state index contributed by atoms with van der Waals surface area (Å²) in [5, 5.41) is 0. The van der Waals surface area contributed by atoms with Crippen molar-refractivity contribution in [2.45, 2.75) is 52.0 Å². The van der Waals surface area contributed by atoms with E-state index in [-0.39, 0.29) is 0 Å². The molecule has 0 saturated carbocycles. The molecule has 3 nitrogen and oxygen atoms in total. The van der Waals surface area contributed by atoms with Crippen molar-refractivity contribution < 1.29 is 0 Å². The Bertz CT molecular complexity index is 139. The lowest BCUT2D eigenvalue weighted by Crippen LogP contribution is -2.34. The van der Waals surface area contributed by atoms with Crippen molar-refractivity contribution in [2.24, 2.45) is 29.0 Å². The first-order valence-electron chi connectivity index (χ1n) is 6.35. The Morgan fingerprint density at radius 2 is 1.73 bits per heavy atom. The average Bonchev–Trinajstić information content (AvgIpc) is 2.24. The zero-order chi connectivity index (χ0) is 11.7. The van der Waals surface area contributed by atoms with Gasteiger partial charge in [0.25, 0.3) is 0 Å². The molecule has 0 aromatic rings. The minimum absolute atomic E-state index is 0.301. The Hall–Kier alpha value is -0.120. The summed E-state index contributed by atoms with van der Waals surface area (Å²) in [4.78, 5) is 0. The Kier molecular flexibility index (Phi) is 9.06. The molecule has 0 aliphatic carbocycles. The van der Waals surface area contributed by atoms with Gasteiger partial charge in [0, 0.05) is 6.04 Å². The third kappa shape index (κ3) is 6.13. The zero-order valence-corrected chi connectivity index (χ0v) is 10.4. The maximum absolute atomic E-state index is 6.22. The molecule has 0 radical (unpaired) electrons. The predicted octanol–water partition coefficient (Wildman–Crippen LogP) is 1.45. The molecular weight excluding hydrogens is 186 g/mol. The zero-order valence-electron chi connectivity index (χ0n) is 10.4. The molecule has 3 unspecified atom stereocenters. The van der Waals surface area contributed by atoms with E-state index < -0.39 is 0 Å². The molecule has 0 spiro atoms. The SMILES string of the molecule is CCCC(CC)C(N)CC(CN)CCN. The van der Waals surface area contributed by atoms with E-state index in [1.165, 1.54) is 19.3 Å². The lowest BCUT2D eigenvalue weighted by molar-refractivity contribution is 0.311. The largest absolute Gasteiger partial charge is 0.330 e. The molecule has 0 fully saturated rings. The van der Waals surface area contributed by atoms with Gasteiger partial charge in [0.15, 0.2) is 0 Å². The Morgan fingerprint density at radius 3 is 2.13 bits per heavy atom. The molecule has 0 aliphatic rings. The summed E-state index contributed by atoms with van der Waals surface area (Å²) in [6.45, 7) is 5.88. The lowest BCUT2D eigenvalue weighted by Gasteiger charge is -2.26. The molecule has 0 heterocycles. The van der Waals surface area contributed by atoms with Crippen molar-refractivity contribution in [3.63, 3.8) is 0 Å². The first-order chi connectivity index (χ1) is 7.19. The van der Waals surface area contributed by atoms with E-state index in [1.807, 2.05) is 0 Å². The molecule has 92 valence electrons. The summed E-state index contributed by atoms with van der Waals surface area (Å²) in [5.41, 5.74) is 17.5. The Morgan fingerprint density at radius 1 is 1.07 bits per heavy atom. The topological polar surface area (TPSA) is 78.1 Å².